The van der Waals surface area contributed by atoms with Gasteiger partial charge in [-0.1, -0.05) is 36.4 Å². The number of rotatable bonds is 3. The number of hydrogen-bond acceptors (Lipinski definition) is 2. The predicted octanol–water partition coefficient (Wildman–Crippen LogP) is 5.43. The van der Waals surface area contributed by atoms with Gasteiger partial charge in [-0.05, 0) is 36.4 Å². The fourth-order valence-corrected chi connectivity index (χ4v) is 2.86. The van der Waals surface area contributed by atoms with Crippen molar-refractivity contribution in [1.29, 1.82) is 5.26 Å². The molecular formula is C21H13FN2O. The first kappa shape index (κ1) is 15.0. The Bertz CT molecular complexity index is 1090. The van der Waals surface area contributed by atoms with Gasteiger partial charge in [-0.2, -0.15) is 5.26 Å². The third kappa shape index (κ3) is 2.62. The highest BCUT2D eigenvalue weighted by Crippen LogP contribution is 2.34. The van der Waals surface area contributed by atoms with Crippen molar-refractivity contribution in [1.82, 2.24) is 4.57 Å². The molecule has 1 heterocycles. The molecule has 4 aromatic rings. The van der Waals surface area contributed by atoms with Gasteiger partial charge in [0.1, 0.15) is 0 Å². The van der Waals surface area contributed by atoms with Crippen molar-refractivity contribution in [3.05, 3.63) is 90.2 Å². The number of nitrogens with zero attached hydrogens (tertiary/aromatic N) is 2. The van der Waals surface area contributed by atoms with E-state index in [-0.39, 0.29) is 5.75 Å². The van der Waals surface area contributed by atoms with Crippen molar-refractivity contribution in [2.45, 2.75) is 0 Å². The molecule has 25 heavy (non-hydrogen) atoms. The predicted molar refractivity (Wildman–Crippen MR) is 94.5 cm³/mol. The molecule has 120 valence electrons. The van der Waals surface area contributed by atoms with Gasteiger partial charge in [0, 0.05) is 17.1 Å². The molecule has 4 rings (SSSR count). The molecule has 1 aromatic heterocycles. The van der Waals surface area contributed by atoms with E-state index in [4.69, 9.17) is 4.74 Å². The molecule has 0 bridgehead atoms. The average molecular weight is 328 g/mol. The van der Waals surface area contributed by atoms with Crippen LogP contribution in [-0.2, 0) is 0 Å². The molecule has 0 aliphatic heterocycles. The second-order valence-electron chi connectivity index (χ2n) is 5.54. The lowest BCUT2D eigenvalue weighted by atomic mass is 10.1. The first-order valence-electron chi connectivity index (χ1n) is 7.80. The number of aromatic nitrogens is 1. The molecule has 0 saturated heterocycles. The van der Waals surface area contributed by atoms with Crippen LogP contribution in [0.2, 0.25) is 0 Å². The van der Waals surface area contributed by atoms with Crippen LogP contribution in [0.5, 0.6) is 11.6 Å². The van der Waals surface area contributed by atoms with Gasteiger partial charge in [0.05, 0.1) is 17.1 Å². The molecule has 4 heteroatoms. The van der Waals surface area contributed by atoms with Crippen LogP contribution in [-0.4, -0.2) is 4.57 Å². The van der Waals surface area contributed by atoms with Crippen LogP contribution in [0.25, 0.3) is 16.6 Å². The molecule has 0 radical (unpaired) electrons. The number of halogens is 1. The molecule has 0 N–H and O–H groups in total. The first-order valence-corrected chi connectivity index (χ1v) is 7.80. The maximum Gasteiger partial charge on any atom is 0.205 e. The monoisotopic (exact) mass is 328 g/mol. The average Bonchev–Trinajstić information content (AvgIpc) is 3.02. The highest BCUT2D eigenvalue weighted by molar-refractivity contribution is 5.89. The lowest BCUT2D eigenvalue weighted by molar-refractivity contribution is 0.422. The zero-order valence-corrected chi connectivity index (χ0v) is 13.2. The molecule has 0 spiro atoms. The van der Waals surface area contributed by atoms with Gasteiger partial charge in [-0.15, -0.1) is 0 Å². The van der Waals surface area contributed by atoms with Gasteiger partial charge in [-0.3, -0.25) is 4.57 Å². The Morgan fingerprint density at radius 1 is 0.880 bits per heavy atom. The van der Waals surface area contributed by atoms with Crippen LogP contribution in [0.15, 0.2) is 78.9 Å². The number of hydrogen-bond donors (Lipinski definition) is 0. The van der Waals surface area contributed by atoms with Crippen LogP contribution >= 0.6 is 0 Å². The zero-order valence-electron chi connectivity index (χ0n) is 13.2. The van der Waals surface area contributed by atoms with E-state index in [2.05, 4.69) is 6.07 Å². The quantitative estimate of drug-likeness (QED) is 0.502. The second kappa shape index (κ2) is 6.14. The summed E-state index contributed by atoms with van der Waals surface area (Å²) in [6.07, 6.45) is 0. The van der Waals surface area contributed by atoms with E-state index in [0.717, 1.165) is 16.6 Å². The van der Waals surface area contributed by atoms with Crippen molar-refractivity contribution in [2.24, 2.45) is 0 Å². The smallest absolute Gasteiger partial charge is 0.205 e. The van der Waals surface area contributed by atoms with Crippen LogP contribution in [0, 0.1) is 17.1 Å². The minimum absolute atomic E-state index is 0.140. The summed E-state index contributed by atoms with van der Waals surface area (Å²) in [4.78, 5) is 0. The Hall–Kier alpha value is -3.58. The Morgan fingerprint density at radius 2 is 1.64 bits per heavy atom. The number of ether oxygens (including phenoxy) is 1. The molecule has 3 aromatic carbocycles. The van der Waals surface area contributed by atoms with Crippen molar-refractivity contribution >= 4 is 10.9 Å². The molecule has 0 fully saturated rings. The maximum absolute atomic E-state index is 14.0. The number of para-hydroxylation sites is 2. The summed E-state index contributed by atoms with van der Waals surface area (Å²) in [5, 5.41) is 10.1. The molecule has 0 amide bonds. The van der Waals surface area contributed by atoms with E-state index in [0.29, 0.717) is 11.4 Å². The molecule has 3 nitrogen and oxygen atoms in total. The van der Waals surface area contributed by atoms with Crippen LogP contribution in [0.1, 0.15) is 5.56 Å². The van der Waals surface area contributed by atoms with Gasteiger partial charge >= 0.3 is 0 Å². The van der Waals surface area contributed by atoms with E-state index < -0.39 is 5.82 Å². The summed E-state index contributed by atoms with van der Waals surface area (Å²) in [5.74, 6) is 0.155. The van der Waals surface area contributed by atoms with Crippen LogP contribution in [0.4, 0.5) is 4.39 Å². The molecule has 0 aliphatic rings. The summed E-state index contributed by atoms with van der Waals surface area (Å²) in [7, 11) is 0. The number of benzene rings is 3. The van der Waals surface area contributed by atoms with Gasteiger partial charge in [-0.25, -0.2) is 4.39 Å². The lowest BCUT2D eigenvalue weighted by Gasteiger charge is -2.12. The standard InChI is InChI=1S/C21H13FN2O/c22-18-10-4-5-12-20(18)25-21-13-17-15(14-23)7-6-11-19(17)24(21)16-8-2-1-3-9-16/h1-13H. The summed E-state index contributed by atoms with van der Waals surface area (Å²) in [6, 6.07) is 25.4. The SMILES string of the molecule is N#Cc1cccc2c1cc(Oc1ccccc1F)n2-c1ccccc1. The summed E-state index contributed by atoms with van der Waals surface area (Å²) in [6.45, 7) is 0. The van der Waals surface area contributed by atoms with Crippen molar-refractivity contribution < 1.29 is 9.13 Å². The van der Waals surface area contributed by atoms with E-state index >= 15 is 0 Å². The Balaban J connectivity index is 1.97. The van der Waals surface area contributed by atoms with E-state index in [1.807, 2.05) is 47.0 Å². The third-order valence-corrected chi connectivity index (χ3v) is 4.00. The van der Waals surface area contributed by atoms with E-state index in [9.17, 15) is 9.65 Å². The minimum Gasteiger partial charge on any atom is -0.437 e. The van der Waals surface area contributed by atoms with Gasteiger partial charge in [0.15, 0.2) is 11.6 Å². The normalized spacial score (nSPS) is 10.6. The van der Waals surface area contributed by atoms with Gasteiger partial charge in [0.25, 0.3) is 0 Å². The maximum atomic E-state index is 14.0. The van der Waals surface area contributed by atoms with Crippen molar-refractivity contribution in [3.8, 4) is 23.4 Å². The molecule has 0 saturated carbocycles. The van der Waals surface area contributed by atoms with Gasteiger partial charge < -0.3 is 4.74 Å². The Kier molecular flexibility index (Phi) is 3.68. The summed E-state index contributed by atoms with van der Waals surface area (Å²) < 4.78 is 21.8. The lowest BCUT2D eigenvalue weighted by Crippen LogP contribution is -1.98. The second-order valence-corrected chi connectivity index (χ2v) is 5.54. The number of nitriles is 1. The fourth-order valence-electron chi connectivity index (χ4n) is 2.86. The van der Waals surface area contributed by atoms with Crippen LogP contribution in [0.3, 0.4) is 0 Å². The molecule has 0 atom stereocenters. The molecule has 0 unspecified atom stereocenters. The van der Waals surface area contributed by atoms with Gasteiger partial charge in [0.2, 0.25) is 5.88 Å². The summed E-state index contributed by atoms with van der Waals surface area (Å²) >= 11 is 0. The number of fused-ring (bicyclic) bond motifs is 1. The Labute approximate surface area is 144 Å². The fraction of sp³-hybridized carbons (Fsp3) is 0. The Morgan fingerprint density at radius 3 is 2.40 bits per heavy atom. The molecular weight excluding hydrogens is 315 g/mol. The van der Waals surface area contributed by atoms with E-state index in [1.54, 1.807) is 30.3 Å². The minimum atomic E-state index is -0.437. The largest absolute Gasteiger partial charge is 0.437 e. The van der Waals surface area contributed by atoms with Crippen LogP contribution < -0.4 is 4.74 Å². The third-order valence-electron chi connectivity index (χ3n) is 4.00. The van der Waals surface area contributed by atoms with E-state index in [1.165, 1.54) is 6.07 Å². The molecule has 0 aliphatic carbocycles. The zero-order chi connectivity index (χ0) is 17.2. The topological polar surface area (TPSA) is 37.9 Å². The highest BCUT2D eigenvalue weighted by Gasteiger charge is 2.16. The highest BCUT2D eigenvalue weighted by atomic mass is 19.1. The summed E-state index contributed by atoms with van der Waals surface area (Å²) in [5.41, 5.74) is 2.25. The van der Waals surface area contributed by atoms with Crippen molar-refractivity contribution in [3.63, 3.8) is 0 Å². The first-order chi connectivity index (χ1) is 12.3. The van der Waals surface area contributed by atoms with Crippen molar-refractivity contribution in [2.75, 3.05) is 0 Å².